The summed E-state index contributed by atoms with van der Waals surface area (Å²) in [5.74, 6) is 0.904. The van der Waals surface area contributed by atoms with Crippen LogP contribution in [0.4, 0.5) is 0 Å². The second-order valence-corrected chi connectivity index (χ2v) is 8.16. The molecule has 1 unspecified atom stereocenters. The van der Waals surface area contributed by atoms with E-state index >= 15 is 0 Å². The van der Waals surface area contributed by atoms with Gasteiger partial charge in [-0.2, -0.15) is 5.10 Å². The predicted octanol–water partition coefficient (Wildman–Crippen LogP) is 2.56. The zero-order valence-electron chi connectivity index (χ0n) is 18.5. The van der Waals surface area contributed by atoms with Crippen molar-refractivity contribution in [3.8, 4) is 0 Å². The molecule has 1 heterocycles. The van der Waals surface area contributed by atoms with Gasteiger partial charge >= 0.3 is 0 Å². The fraction of sp³-hybridized carbons (Fsp3) is 0.810. The number of nitrogens with zero attached hydrogens (tertiary/aromatic N) is 4. The average molecular weight is 393 g/mol. The summed E-state index contributed by atoms with van der Waals surface area (Å²) in [5.41, 5.74) is 1.52. The molecule has 2 rings (SSSR count). The largest absolute Gasteiger partial charge is 0.382 e. The summed E-state index contributed by atoms with van der Waals surface area (Å²) >= 11 is 0. The number of ether oxygens (including phenoxy) is 1. The topological polar surface area (TPSA) is 66.7 Å². The van der Waals surface area contributed by atoms with Crippen molar-refractivity contribution in [1.82, 2.24) is 25.3 Å². The van der Waals surface area contributed by atoms with E-state index < -0.39 is 0 Å². The Labute approximate surface area is 170 Å². The van der Waals surface area contributed by atoms with Crippen molar-refractivity contribution < 1.29 is 4.74 Å². The van der Waals surface area contributed by atoms with Crippen molar-refractivity contribution in [2.24, 2.45) is 17.5 Å². The van der Waals surface area contributed by atoms with Crippen molar-refractivity contribution in [3.63, 3.8) is 0 Å². The Balaban J connectivity index is 2.00. The van der Waals surface area contributed by atoms with E-state index in [1.807, 2.05) is 17.9 Å². The van der Waals surface area contributed by atoms with Gasteiger partial charge in [0, 0.05) is 51.7 Å². The first-order valence-corrected chi connectivity index (χ1v) is 10.7. The molecule has 2 N–H and O–H groups in total. The summed E-state index contributed by atoms with van der Waals surface area (Å²) in [6, 6.07) is 0.246. The Hall–Kier alpha value is -1.60. The van der Waals surface area contributed by atoms with Crippen LogP contribution in [0.2, 0.25) is 0 Å². The second kappa shape index (κ2) is 11.4. The van der Waals surface area contributed by atoms with E-state index in [9.17, 15) is 0 Å². The second-order valence-electron chi connectivity index (χ2n) is 8.16. The minimum absolute atomic E-state index is 0.246. The highest BCUT2D eigenvalue weighted by atomic mass is 16.5. The molecule has 0 amide bonds. The summed E-state index contributed by atoms with van der Waals surface area (Å²) in [6.07, 6.45) is 10.3. The van der Waals surface area contributed by atoms with Gasteiger partial charge in [-0.25, -0.2) is 0 Å². The lowest BCUT2D eigenvalue weighted by atomic mass is 9.83. The molecule has 0 radical (unpaired) electrons. The van der Waals surface area contributed by atoms with Crippen LogP contribution in [0.25, 0.3) is 0 Å². The molecule has 0 bridgehead atoms. The van der Waals surface area contributed by atoms with E-state index in [1.54, 1.807) is 0 Å². The maximum Gasteiger partial charge on any atom is 0.191 e. The summed E-state index contributed by atoms with van der Waals surface area (Å²) in [5, 5.41) is 11.3. The summed E-state index contributed by atoms with van der Waals surface area (Å²) < 4.78 is 7.49. The zero-order valence-corrected chi connectivity index (χ0v) is 18.5. The number of nitrogens with one attached hydrogen (secondary N) is 2. The van der Waals surface area contributed by atoms with Crippen LogP contribution in [0.5, 0.6) is 0 Å². The Bertz CT molecular complexity index is 591. The lowest BCUT2D eigenvalue weighted by Gasteiger charge is -2.28. The maximum absolute atomic E-state index is 5.64. The monoisotopic (exact) mass is 392 g/mol. The molecule has 1 saturated carbocycles. The van der Waals surface area contributed by atoms with Crippen LogP contribution in [0.1, 0.15) is 57.6 Å². The van der Waals surface area contributed by atoms with E-state index in [0.29, 0.717) is 5.41 Å². The normalized spacial score (nSPS) is 17.9. The molecular formula is C21H40N6O. The molecule has 0 saturated heterocycles. The number of guanidine groups is 1. The SMILES string of the molecule is CCNC(=NCC1(CCOCC)CCCC1)NCC(c1cnn(C)c1)N(C)C. The minimum Gasteiger partial charge on any atom is -0.382 e. The van der Waals surface area contributed by atoms with Gasteiger partial charge in [-0.3, -0.25) is 9.67 Å². The number of aryl methyl sites for hydroxylation is 1. The van der Waals surface area contributed by atoms with Crippen LogP contribution in [-0.2, 0) is 11.8 Å². The van der Waals surface area contributed by atoms with Crippen LogP contribution in [0, 0.1) is 5.41 Å². The van der Waals surface area contributed by atoms with Gasteiger partial charge in [-0.15, -0.1) is 0 Å². The van der Waals surface area contributed by atoms with Crippen LogP contribution >= 0.6 is 0 Å². The number of rotatable bonds is 11. The Morgan fingerprint density at radius 1 is 1.32 bits per heavy atom. The smallest absolute Gasteiger partial charge is 0.191 e. The van der Waals surface area contributed by atoms with Crippen LogP contribution in [-0.4, -0.2) is 67.6 Å². The van der Waals surface area contributed by atoms with E-state index in [4.69, 9.17) is 9.73 Å². The molecule has 7 nitrogen and oxygen atoms in total. The molecule has 28 heavy (non-hydrogen) atoms. The van der Waals surface area contributed by atoms with Crippen molar-refractivity contribution in [1.29, 1.82) is 0 Å². The zero-order chi connectivity index (χ0) is 20.4. The third-order valence-electron chi connectivity index (χ3n) is 5.76. The predicted molar refractivity (Wildman–Crippen MR) is 116 cm³/mol. The van der Waals surface area contributed by atoms with E-state index in [1.165, 1.54) is 31.2 Å². The molecular weight excluding hydrogens is 352 g/mol. The summed E-state index contributed by atoms with van der Waals surface area (Å²) in [4.78, 5) is 7.19. The van der Waals surface area contributed by atoms with Crippen molar-refractivity contribution in [2.75, 3.05) is 46.9 Å². The van der Waals surface area contributed by atoms with Gasteiger partial charge in [0.2, 0.25) is 0 Å². The Kier molecular flexibility index (Phi) is 9.25. The summed E-state index contributed by atoms with van der Waals surface area (Å²) in [6.45, 7) is 8.34. The molecule has 1 fully saturated rings. The van der Waals surface area contributed by atoms with Crippen LogP contribution in [0.15, 0.2) is 17.4 Å². The van der Waals surface area contributed by atoms with Crippen molar-refractivity contribution in [3.05, 3.63) is 18.0 Å². The third-order valence-corrected chi connectivity index (χ3v) is 5.76. The molecule has 0 aromatic carbocycles. The van der Waals surface area contributed by atoms with Gasteiger partial charge in [0.1, 0.15) is 0 Å². The maximum atomic E-state index is 5.64. The summed E-state index contributed by atoms with van der Waals surface area (Å²) in [7, 11) is 6.16. The highest BCUT2D eigenvalue weighted by Crippen LogP contribution is 2.41. The van der Waals surface area contributed by atoms with Crippen LogP contribution < -0.4 is 10.6 Å². The number of aliphatic imine (C=N–C) groups is 1. The van der Waals surface area contributed by atoms with E-state index in [-0.39, 0.29) is 6.04 Å². The quantitative estimate of drug-likeness (QED) is 0.344. The highest BCUT2D eigenvalue weighted by Gasteiger charge is 2.33. The van der Waals surface area contributed by atoms with Gasteiger partial charge in [0.25, 0.3) is 0 Å². The molecule has 1 aromatic heterocycles. The average Bonchev–Trinajstić information content (AvgIpc) is 3.30. The number of aromatic nitrogens is 2. The first-order chi connectivity index (χ1) is 13.5. The lowest BCUT2D eigenvalue weighted by molar-refractivity contribution is 0.107. The van der Waals surface area contributed by atoms with Crippen LogP contribution in [0.3, 0.4) is 0 Å². The highest BCUT2D eigenvalue weighted by molar-refractivity contribution is 5.79. The van der Waals surface area contributed by atoms with E-state index in [0.717, 1.165) is 45.2 Å². The van der Waals surface area contributed by atoms with Gasteiger partial charge in [-0.05, 0) is 52.6 Å². The lowest BCUT2D eigenvalue weighted by Crippen LogP contribution is -2.42. The molecule has 7 heteroatoms. The standard InChI is InChI=1S/C21H40N6O/c1-6-22-20(23-15-19(26(3)4)18-14-25-27(5)16-18)24-17-21(10-8-9-11-21)12-13-28-7-2/h14,16,19H,6-13,15,17H2,1-5H3,(H2,22,23,24). The minimum atomic E-state index is 0.246. The molecule has 1 aliphatic rings. The van der Waals surface area contributed by atoms with Crippen molar-refractivity contribution in [2.45, 2.75) is 52.0 Å². The molecule has 1 aromatic rings. The van der Waals surface area contributed by atoms with Gasteiger partial charge in [-0.1, -0.05) is 12.8 Å². The van der Waals surface area contributed by atoms with Crippen molar-refractivity contribution >= 4 is 5.96 Å². The van der Waals surface area contributed by atoms with E-state index in [2.05, 4.69) is 54.8 Å². The molecule has 1 atom stereocenters. The molecule has 0 aliphatic heterocycles. The Morgan fingerprint density at radius 2 is 2.07 bits per heavy atom. The molecule has 0 spiro atoms. The number of hydrogen-bond acceptors (Lipinski definition) is 4. The molecule has 1 aliphatic carbocycles. The fourth-order valence-corrected chi connectivity index (χ4v) is 4.04. The fourth-order valence-electron chi connectivity index (χ4n) is 4.04. The first-order valence-electron chi connectivity index (χ1n) is 10.7. The number of hydrogen-bond donors (Lipinski definition) is 2. The van der Waals surface area contributed by atoms with Gasteiger partial charge in [0.15, 0.2) is 5.96 Å². The molecule has 160 valence electrons. The Morgan fingerprint density at radius 3 is 2.64 bits per heavy atom. The number of likely N-dealkylation sites (N-methyl/N-ethyl adjacent to an activating group) is 1. The van der Waals surface area contributed by atoms with Gasteiger partial charge < -0.3 is 20.3 Å². The van der Waals surface area contributed by atoms with Gasteiger partial charge in [0.05, 0.1) is 12.2 Å². The third kappa shape index (κ3) is 6.78. The first kappa shape index (κ1) is 22.7.